The number of hydrogen-bond acceptors (Lipinski definition) is 3. The number of halogens is 1. The molecule has 5 heteroatoms. The molecule has 1 fully saturated rings. The van der Waals surface area contributed by atoms with Crippen LogP contribution in [0.4, 0.5) is 4.79 Å². The predicted molar refractivity (Wildman–Crippen MR) is 57.9 cm³/mol. The minimum atomic E-state index is -0.400. The molecular weight excluding hydrogens is 204 g/mol. The van der Waals surface area contributed by atoms with Gasteiger partial charge in [-0.3, -0.25) is 0 Å². The zero-order valence-electron chi connectivity index (χ0n) is 9.16. The van der Waals surface area contributed by atoms with E-state index in [1.54, 1.807) is 11.9 Å². The first-order valence-electron chi connectivity index (χ1n) is 4.56. The molecule has 0 spiro atoms. The molecule has 0 bridgehead atoms. The maximum atomic E-state index is 11.5. The summed E-state index contributed by atoms with van der Waals surface area (Å²) in [6, 6.07) is 0.301. The molecule has 0 aromatic carbocycles. The third-order valence-electron chi connectivity index (χ3n) is 1.99. The van der Waals surface area contributed by atoms with Crippen molar-refractivity contribution in [3.8, 4) is 0 Å². The van der Waals surface area contributed by atoms with E-state index in [0.29, 0.717) is 6.04 Å². The van der Waals surface area contributed by atoms with E-state index in [1.165, 1.54) is 0 Å². The van der Waals surface area contributed by atoms with Gasteiger partial charge >= 0.3 is 6.09 Å². The normalized spacial score (nSPS) is 16.6. The number of likely N-dealkylation sites (N-methyl/N-ethyl adjacent to an activating group) is 1. The molecule has 0 atom stereocenters. The van der Waals surface area contributed by atoms with Crippen molar-refractivity contribution in [3.63, 3.8) is 0 Å². The van der Waals surface area contributed by atoms with Crippen molar-refractivity contribution in [2.45, 2.75) is 32.4 Å². The average molecular weight is 223 g/mol. The van der Waals surface area contributed by atoms with Crippen LogP contribution in [0.2, 0.25) is 0 Å². The van der Waals surface area contributed by atoms with Crippen molar-refractivity contribution in [1.29, 1.82) is 0 Å². The van der Waals surface area contributed by atoms with E-state index in [-0.39, 0.29) is 18.5 Å². The van der Waals surface area contributed by atoms with Crippen LogP contribution in [-0.4, -0.2) is 42.8 Å². The lowest BCUT2D eigenvalue weighted by Gasteiger charge is -2.36. The highest BCUT2D eigenvalue weighted by atomic mass is 35.5. The third kappa shape index (κ3) is 3.72. The maximum Gasteiger partial charge on any atom is 0.410 e. The molecule has 0 radical (unpaired) electrons. The molecule has 1 heterocycles. The van der Waals surface area contributed by atoms with E-state index in [1.807, 2.05) is 20.8 Å². The van der Waals surface area contributed by atoms with Gasteiger partial charge in [0.05, 0.1) is 6.04 Å². The van der Waals surface area contributed by atoms with Crippen molar-refractivity contribution < 1.29 is 9.53 Å². The number of amides is 1. The van der Waals surface area contributed by atoms with E-state index in [9.17, 15) is 4.79 Å². The lowest BCUT2D eigenvalue weighted by atomic mass is 10.1. The van der Waals surface area contributed by atoms with Crippen LogP contribution in [0, 0.1) is 0 Å². The second-order valence-electron chi connectivity index (χ2n) is 4.40. The summed E-state index contributed by atoms with van der Waals surface area (Å²) in [5, 5.41) is 3.11. The van der Waals surface area contributed by atoms with Crippen molar-refractivity contribution in [2.75, 3.05) is 20.1 Å². The maximum absolute atomic E-state index is 11.5. The Morgan fingerprint density at radius 1 is 1.43 bits per heavy atom. The quantitative estimate of drug-likeness (QED) is 0.726. The second kappa shape index (κ2) is 4.84. The van der Waals surface area contributed by atoms with Crippen molar-refractivity contribution in [3.05, 3.63) is 0 Å². The Morgan fingerprint density at radius 2 is 1.93 bits per heavy atom. The highest BCUT2D eigenvalue weighted by Gasteiger charge is 2.28. The van der Waals surface area contributed by atoms with Crippen LogP contribution in [0.25, 0.3) is 0 Å². The number of nitrogens with one attached hydrogen (secondary N) is 1. The molecule has 1 saturated heterocycles. The van der Waals surface area contributed by atoms with Gasteiger partial charge in [0.25, 0.3) is 0 Å². The number of carbonyl (C=O) groups excluding carboxylic acids is 1. The molecular formula is C9H19ClN2O2. The highest BCUT2D eigenvalue weighted by molar-refractivity contribution is 5.85. The summed E-state index contributed by atoms with van der Waals surface area (Å²) >= 11 is 0. The summed E-state index contributed by atoms with van der Waals surface area (Å²) in [6.45, 7) is 7.36. The van der Waals surface area contributed by atoms with Gasteiger partial charge in [0.2, 0.25) is 0 Å². The second-order valence-corrected chi connectivity index (χ2v) is 4.40. The minimum Gasteiger partial charge on any atom is -0.444 e. The molecule has 0 saturated carbocycles. The molecule has 1 aliphatic rings. The molecule has 0 aromatic rings. The highest BCUT2D eigenvalue weighted by Crippen LogP contribution is 2.11. The molecule has 0 aliphatic carbocycles. The summed E-state index contributed by atoms with van der Waals surface area (Å²) in [6.07, 6.45) is -0.237. The first-order valence-corrected chi connectivity index (χ1v) is 4.56. The van der Waals surface area contributed by atoms with Crippen molar-refractivity contribution in [2.24, 2.45) is 0 Å². The fourth-order valence-corrected chi connectivity index (χ4v) is 1.03. The van der Waals surface area contributed by atoms with E-state index >= 15 is 0 Å². The van der Waals surface area contributed by atoms with E-state index in [2.05, 4.69) is 5.32 Å². The average Bonchev–Trinajstić information content (AvgIpc) is 1.78. The molecule has 1 rings (SSSR count). The van der Waals surface area contributed by atoms with Gasteiger partial charge in [-0.05, 0) is 20.8 Å². The van der Waals surface area contributed by atoms with Gasteiger partial charge in [-0.15, -0.1) is 12.4 Å². The molecule has 0 unspecified atom stereocenters. The Morgan fingerprint density at radius 3 is 2.21 bits per heavy atom. The van der Waals surface area contributed by atoms with Gasteiger partial charge in [0, 0.05) is 20.1 Å². The third-order valence-corrected chi connectivity index (χ3v) is 1.99. The molecule has 4 nitrogen and oxygen atoms in total. The van der Waals surface area contributed by atoms with Crippen LogP contribution in [0.3, 0.4) is 0 Å². The fraction of sp³-hybridized carbons (Fsp3) is 0.889. The van der Waals surface area contributed by atoms with Gasteiger partial charge in [-0.2, -0.15) is 0 Å². The molecule has 1 amide bonds. The van der Waals surface area contributed by atoms with Crippen molar-refractivity contribution in [1.82, 2.24) is 10.2 Å². The lowest BCUT2D eigenvalue weighted by Crippen LogP contribution is -2.58. The van der Waals surface area contributed by atoms with Crippen LogP contribution in [0.5, 0.6) is 0 Å². The topological polar surface area (TPSA) is 41.6 Å². The fourth-order valence-electron chi connectivity index (χ4n) is 1.03. The number of carbonyl (C=O) groups is 1. The molecule has 0 aromatic heterocycles. The smallest absolute Gasteiger partial charge is 0.410 e. The van der Waals surface area contributed by atoms with Gasteiger partial charge in [-0.1, -0.05) is 0 Å². The van der Waals surface area contributed by atoms with Gasteiger partial charge < -0.3 is 15.0 Å². The molecule has 1 N–H and O–H groups in total. The van der Waals surface area contributed by atoms with Crippen LogP contribution >= 0.6 is 12.4 Å². The first kappa shape index (κ1) is 13.5. The molecule has 14 heavy (non-hydrogen) atoms. The number of ether oxygens (including phenoxy) is 1. The van der Waals surface area contributed by atoms with Crippen LogP contribution in [0.15, 0.2) is 0 Å². The zero-order valence-corrected chi connectivity index (χ0v) is 9.98. The van der Waals surface area contributed by atoms with Crippen LogP contribution in [-0.2, 0) is 4.74 Å². The first-order chi connectivity index (χ1) is 5.90. The Labute approximate surface area is 91.4 Å². The Bertz CT molecular complexity index is 199. The Hall–Kier alpha value is -0.480. The van der Waals surface area contributed by atoms with Gasteiger partial charge in [0.15, 0.2) is 0 Å². The number of hydrogen-bond donors (Lipinski definition) is 1. The monoisotopic (exact) mass is 222 g/mol. The lowest BCUT2D eigenvalue weighted by molar-refractivity contribution is 0.0173. The minimum absolute atomic E-state index is 0. The summed E-state index contributed by atoms with van der Waals surface area (Å²) < 4.78 is 5.22. The summed E-state index contributed by atoms with van der Waals surface area (Å²) in [5.74, 6) is 0. The predicted octanol–water partition coefficient (Wildman–Crippen LogP) is 1.25. The number of rotatable bonds is 1. The van der Waals surface area contributed by atoms with E-state index in [0.717, 1.165) is 13.1 Å². The van der Waals surface area contributed by atoms with Gasteiger partial charge in [0.1, 0.15) is 5.60 Å². The van der Waals surface area contributed by atoms with Gasteiger partial charge in [-0.25, -0.2) is 4.79 Å². The SMILES string of the molecule is CN(C(=O)OC(C)(C)C)C1CNC1.Cl. The van der Waals surface area contributed by atoms with E-state index in [4.69, 9.17) is 4.74 Å². The van der Waals surface area contributed by atoms with E-state index < -0.39 is 5.60 Å². The molecule has 1 aliphatic heterocycles. The van der Waals surface area contributed by atoms with Crippen LogP contribution < -0.4 is 5.32 Å². The Balaban J connectivity index is 0.00000169. The summed E-state index contributed by atoms with van der Waals surface area (Å²) in [7, 11) is 1.78. The zero-order chi connectivity index (χ0) is 10.1. The summed E-state index contributed by atoms with van der Waals surface area (Å²) in [4.78, 5) is 13.1. The molecule has 84 valence electrons. The standard InChI is InChI=1S/C9H18N2O2.ClH/c1-9(2,3)13-8(12)11(4)7-5-10-6-7;/h7,10H,5-6H2,1-4H3;1H. The Kier molecular flexibility index (Phi) is 4.68. The van der Waals surface area contributed by atoms with Crippen LogP contribution in [0.1, 0.15) is 20.8 Å². The summed E-state index contributed by atoms with van der Waals surface area (Å²) in [5.41, 5.74) is -0.400. The number of nitrogens with zero attached hydrogens (tertiary/aromatic N) is 1. The largest absolute Gasteiger partial charge is 0.444 e. The van der Waals surface area contributed by atoms with Crippen molar-refractivity contribution >= 4 is 18.5 Å².